The van der Waals surface area contributed by atoms with Gasteiger partial charge in [-0.15, -0.1) is 0 Å². The van der Waals surface area contributed by atoms with Crippen LogP contribution in [0.3, 0.4) is 0 Å². The van der Waals surface area contributed by atoms with E-state index in [0.717, 1.165) is 37.1 Å². The summed E-state index contributed by atoms with van der Waals surface area (Å²) in [6.45, 7) is 2.90. The molecule has 1 aromatic heterocycles. The Morgan fingerprint density at radius 1 is 1.13 bits per heavy atom. The lowest BCUT2D eigenvalue weighted by molar-refractivity contribution is -0.132. The number of hydrogen-bond donors (Lipinski definition) is 1. The molecule has 0 saturated carbocycles. The molecule has 2 aliphatic rings. The molecule has 0 aliphatic carbocycles. The van der Waals surface area contributed by atoms with E-state index in [9.17, 15) is 13.2 Å². The van der Waals surface area contributed by atoms with E-state index in [0.29, 0.717) is 24.6 Å². The van der Waals surface area contributed by atoms with Gasteiger partial charge in [0.15, 0.2) is 5.82 Å². The summed E-state index contributed by atoms with van der Waals surface area (Å²) in [7, 11) is -1.80. The second-order valence-corrected chi connectivity index (χ2v) is 9.67. The molecule has 1 unspecified atom stereocenters. The summed E-state index contributed by atoms with van der Waals surface area (Å²) in [5, 5.41) is 3.11. The van der Waals surface area contributed by atoms with Crippen LogP contribution in [0, 0.1) is 0 Å². The van der Waals surface area contributed by atoms with Gasteiger partial charge in [-0.05, 0) is 31.4 Å². The van der Waals surface area contributed by atoms with Crippen molar-refractivity contribution in [3.63, 3.8) is 0 Å². The average Bonchev–Trinajstić information content (AvgIpc) is 2.78. The third-order valence-corrected chi connectivity index (χ3v) is 7.73. The maximum atomic E-state index is 13.0. The minimum absolute atomic E-state index is 0.0344. The number of nitrogens with zero attached hydrogens (tertiary/aromatic N) is 4. The van der Waals surface area contributed by atoms with Crippen molar-refractivity contribution in [2.75, 3.05) is 25.5 Å². The minimum atomic E-state index is -3.58. The lowest BCUT2D eigenvalue weighted by Crippen LogP contribution is -2.39. The molecule has 0 spiro atoms. The number of piperidine rings is 1. The van der Waals surface area contributed by atoms with E-state index in [1.54, 1.807) is 44.3 Å². The van der Waals surface area contributed by atoms with Gasteiger partial charge in [0.1, 0.15) is 5.82 Å². The SMILES string of the molecule is CNc1nc(C2CCCCN2C(C)=O)nc2c1CN(S(=O)(=O)c1ccccc1)CC2. The van der Waals surface area contributed by atoms with Gasteiger partial charge in [-0.3, -0.25) is 4.79 Å². The van der Waals surface area contributed by atoms with Crippen molar-refractivity contribution in [2.45, 2.75) is 50.1 Å². The number of hydrogen-bond acceptors (Lipinski definition) is 6. The molecular weight excluding hydrogens is 402 g/mol. The largest absolute Gasteiger partial charge is 0.373 e. The van der Waals surface area contributed by atoms with E-state index in [1.807, 2.05) is 4.90 Å². The molecule has 30 heavy (non-hydrogen) atoms. The number of anilines is 1. The topological polar surface area (TPSA) is 95.5 Å². The van der Waals surface area contributed by atoms with Crippen LogP contribution in [-0.4, -0.2) is 53.6 Å². The zero-order valence-electron chi connectivity index (χ0n) is 17.3. The number of aromatic nitrogens is 2. The van der Waals surface area contributed by atoms with Crippen LogP contribution in [0.5, 0.6) is 0 Å². The van der Waals surface area contributed by atoms with Gasteiger partial charge in [-0.25, -0.2) is 18.4 Å². The first-order valence-electron chi connectivity index (χ1n) is 10.3. The zero-order chi connectivity index (χ0) is 21.3. The second kappa shape index (κ2) is 8.31. The van der Waals surface area contributed by atoms with Gasteiger partial charge in [0.05, 0.1) is 16.6 Å². The smallest absolute Gasteiger partial charge is 0.243 e. The van der Waals surface area contributed by atoms with E-state index < -0.39 is 10.0 Å². The van der Waals surface area contributed by atoms with Crippen molar-refractivity contribution in [1.29, 1.82) is 0 Å². The van der Waals surface area contributed by atoms with E-state index >= 15 is 0 Å². The van der Waals surface area contributed by atoms with Crippen molar-refractivity contribution < 1.29 is 13.2 Å². The number of fused-ring (bicyclic) bond motifs is 1. The summed E-state index contributed by atoms with van der Waals surface area (Å²) < 4.78 is 27.6. The highest BCUT2D eigenvalue weighted by Gasteiger charge is 2.33. The third kappa shape index (κ3) is 3.79. The number of amides is 1. The predicted octanol–water partition coefficient (Wildman–Crippen LogP) is 2.34. The van der Waals surface area contributed by atoms with Gasteiger partial charge in [0, 0.05) is 45.6 Å². The van der Waals surface area contributed by atoms with Crippen LogP contribution in [0.25, 0.3) is 0 Å². The fourth-order valence-electron chi connectivity index (χ4n) is 4.29. The van der Waals surface area contributed by atoms with Crippen LogP contribution in [0.4, 0.5) is 5.82 Å². The Bertz CT molecular complexity index is 1020. The maximum absolute atomic E-state index is 13.0. The first-order valence-corrected chi connectivity index (χ1v) is 11.8. The van der Waals surface area contributed by atoms with Gasteiger partial charge < -0.3 is 10.2 Å². The molecule has 4 rings (SSSR count). The molecule has 0 radical (unpaired) electrons. The normalized spacial score (nSPS) is 19.9. The summed E-state index contributed by atoms with van der Waals surface area (Å²) in [5.74, 6) is 1.32. The predicted molar refractivity (Wildman–Crippen MR) is 113 cm³/mol. The summed E-state index contributed by atoms with van der Waals surface area (Å²) in [6.07, 6.45) is 3.38. The van der Waals surface area contributed by atoms with Gasteiger partial charge in [0.2, 0.25) is 15.9 Å². The zero-order valence-corrected chi connectivity index (χ0v) is 18.2. The molecule has 2 aromatic rings. The van der Waals surface area contributed by atoms with Crippen LogP contribution in [0.1, 0.15) is 49.3 Å². The highest BCUT2D eigenvalue weighted by Crippen LogP contribution is 2.33. The second-order valence-electron chi connectivity index (χ2n) is 7.73. The highest BCUT2D eigenvalue weighted by molar-refractivity contribution is 7.89. The Morgan fingerprint density at radius 2 is 1.90 bits per heavy atom. The molecule has 1 atom stereocenters. The lowest BCUT2D eigenvalue weighted by atomic mass is 10.00. The molecule has 0 bridgehead atoms. The summed E-state index contributed by atoms with van der Waals surface area (Å²) in [6, 6.07) is 8.36. The quantitative estimate of drug-likeness (QED) is 0.802. The fourth-order valence-corrected chi connectivity index (χ4v) is 5.72. The van der Waals surface area contributed by atoms with Crippen LogP contribution in [0.2, 0.25) is 0 Å². The maximum Gasteiger partial charge on any atom is 0.243 e. The van der Waals surface area contributed by atoms with Gasteiger partial charge in [-0.2, -0.15) is 4.31 Å². The van der Waals surface area contributed by atoms with Gasteiger partial charge in [-0.1, -0.05) is 18.2 Å². The molecular formula is C21H27N5O3S. The Balaban J connectivity index is 1.67. The Hall–Kier alpha value is -2.52. The van der Waals surface area contributed by atoms with Crippen molar-refractivity contribution in [1.82, 2.24) is 19.2 Å². The molecule has 1 saturated heterocycles. The number of benzene rings is 1. The van der Waals surface area contributed by atoms with Crippen LogP contribution >= 0.6 is 0 Å². The van der Waals surface area contributed by atoms with Crippen molar-refractivity contribution in [3.05, 3.63) is 47.4 Å². The molecule has 1 aromatic carbocycles. The number of nitrogens with one attached hydrogen (secondary N) is 1. The highest BCUT2D eigenvalue weighted by atomic mass is 32.2. The van der Waals surface area contributed by atoms with E-state index in [2.05, 4.69) is 5.32 Å². The van der Waals surface area contributed by atoms with Crippen molar-refractivity contribution >= 4 is 21.7 Å². The summed E-state index contributed by atoms with van der Waals surface area (Å²) in [5.41, 5.74) is 1.66. The Morgan fingerprint density at radius 3 is 2.60 bits per heavy atom. The Labute approximate surface area is 177 Å². The van der Waals surface area contributed by atoms with Gasteiger partial charge >= 0.3 is 0 Å². The van der Waals surface area contributed by atoms with Crippen LogP contribution < -0.4 is 5.32 Å². The number of rotatable bonds is 4. The third-order valence-electron chi connectivity index (χ3n) is 5.87. The Kier molecular flexibility index (Phi) is 5.75. The minimum Gasteiger partial charge on any atom is -0.373 e. The number of sulfonamides is 1. The first-order chi connectivity index (χ1) is 14.4. The fraction of sp³-hybridized carbons (Fsp3) is 0.476. The monoisotopic (exact) mass is 429 g/mol. The van der Waals surface area contributed by atoms with E-state index in [-0.39, 0.29) is 23.4 Å². The standard InChI is InChI=1S/C21H27N5O3S/c1-15(27)26-12-7-6-10-19(26)21-23-18-11-13-25(14-17(18)20(22-2)24-21)30(28,29)16-8-4-3-5-9-16/h3-5,8-9,19H,6-7,10-14H2,1-2H3,(H,22,23,24). The molecule has 1 N–H and O–H groups in total. The molecule has 3 heterocycles. The molecule has 1 fully saturated rings. The van der Waals surface area contributed by atoms with E-state index in [1.165, 1.54) is 4.31 Å². The summed E-state index contributed by atoms with van der Waals surface area (Å²) >= 11 is 0. The molecule has 9 heteroatoms. The van der Waals surface area contributed by atoms with Crippen LogP contribution in [0.15, 0.2) is 35.2 Å². The number of likely N-dealkylation sites (tertiary alicyclic amines) is 1. The average molecular weight is 430 g/mol. The van der Waals surface area contributed by atoms with E-state index in [4.69, 9.17) is 9.97 Å². The van der Waals surface area contributed by atoms with Crippen LogP contribution in [-0.2, 0) is 27.8 Å². The number of carbonyl (C=O) groups is 1. The van der Waals surface area contributed by atoms with Crippen molar-refractivity contribution in [2.24, 2.45) is 0 Å². The lowest BCUT2D eigenvalue weighted by Gasteiger charge is -2.35. The molecule has 160 valence electrons. The summed E-state index contributed by atoms with van der Waals surface area (Å²) in [4.78, 5) is 23.7. The number of carbonyl (C=O) groups excluding carboxylic acids is 1. The molecule has 1 amide bonds. The first kappa shape index (κ1) is 20.7. The van der Waals surface area contributed by atoms with Gasteiger partial charge in [0.25, 0.3) is 0 Å². The molecule has 2 aliphatic heterocycles. The van der Waals surface area contributed by atoms with Crippen molar-refractivity contribution in [3.8, 4) is 0 Å². The molecule has 8 nitrogen and oxygen atoms in total.